The van der Waals surface area contributed by atoms with Gasteiger partial charge in [-0.2, -0.15) is 0 Å². The number of hydrogen-bond acceptors (Lipinski definition) is 4. The van der Waals surface area contributed by atoms with Crippen molar-refractivity contribution in [1.82, 2.24) is 4.90 Å². The average Bonchev–Trinajstić information content (AvgIpc) is 2.10. The molecule has 0 aliphatic carbocycles. The molecule has 0 aliphatic heterocycles. The maximum absolute atomic E-state index is 5.66. The van der Waals surface area contributed by atoms with Crippen molar-refractivity contribution < 1.29 is 9.05 Å². The molecule has 0 saturated heterocycles. The summed E-state index contributed by atoms with van der Waals surface area (Å²) in [5.74, 6) is 0. The van der Waals surface area contributed by atoms with Crippen molar-refractivity contribution in [3.63, 3.8) is 0 Å². The van der Waals surface area contributed by atoms with E-state index in [1.807, 2.05) is 13.6 Å². The Morgan fingerprint density at radius 1 is 1.12 bits per heavy atom. The lowest BCUT2D eigenvalue weighted by molar-refractivity contribution is 0.138. The van der Waals surface area contributed by atoms with Crippen LogP contribution in [0.2, 0.25) is 0 Å². The molecule has 0 N–H and O–H groups in total. The molecule has 0 bridgehead atoms. The van der Waals surface area contributed by atoms with E-state index in [1.54, 1.807) is 0 Å². The molecule has 0 spiro atoms. The molecular formula is C11H26NO2PS. The maximum atomic E-state index is 5.66. The summed E-state index contributed by atoms with van der Waals surface area (Å²) in [5, 5.41) is 0. The van der Waals surface area contributed by atoms with E-state index >= 15 is 0 Å². The lowest BCUT2D eigenvalue weighted by atomic mass is 10.2. The van der Waals surface area contributed by atoms with Gasteiger partial charge in [0.25, 0.3) is 0 Å². The molecule has 0 rings (SSSR count). The van der Waals surface area contributed by atoms with Crippen LogP contribution in [0, 0.1) is 0 Å². The van der Waals surface area contributed by atoms with Gasteiger partial charge in [0.05, 0.1) is 13.2 Å². The molecule has 5 heteroatoms. The van der Waals surface area contributed by atoms with Crippen molar-refractivity contribution in [3.8, 4) is 0 Å². The molecule has 0 saturated carbocycles. The van der Waals surface area contributed by atoms with Crippen LogP contribution in [0.1, 0.15) is 34.6 Å². The summed E-state index contributed by atoms with van der Waals surface area (Å²) < 4.78 is 11.1. The Balaban J connectivity index is 4.00. The molecule has 0 aromatic heterocycles. The summed E-state index contributed by atoms with van der Waals surface area (Å²) in [6, 6.07) is 1.07. The normalized spacial score (nSPS) is 16.1. The Morgan fingerprint density at radius 3 is 2.00 bits per heavy atom. The van der Waals surface area contributed by atoms with Gasteiger partial charge in [0.15, 0.2) is 6.49 Å². The van der Waals surface area contributed by atoms with Gasteiger partial charge in [-0.15, -0.1) is 0 Å². The van der Waals surface area contributed by atoms with Crippen LogP contribution in [0.15, 0.2) is 0 Å². The molecule has 0 aliphatic rings. The molecule has 0 aromatic carbocycles. The molecule has 16 heavy (non-hydrogen) atoms. The Bertz CT molecular complexity index is 226. The molecule has 0 fully saturated rings. The fourth-order valence-corrected chi connectivity index (χ4v) is 3.19. The van der Waals surface area contributed by atoms with Crippen LogP contribution in [-0.2, 0) is 20.9 Å². The highest BCUT2D eigenvalue weighted by Gasteiger charge is 2.15. The fourth-order valence-electron chi connectivity index (χ4n) is 1.70. The van der Waals surface area contributed by atoms with Gasteiger partial charge in [0.2, 0.25) is 0 Å². The quantitative estimate of drug-likeness (QED) is 0.630. The van der Waals surface area contributed by atoms with E-state index in [0.717, 1.165) is 6.54 Å². The zero-order valence-corrected chi connectivity index (χ0v) is 13.1. The molecule has 0 amide bonds. The van der Waals surface area contributed by atoms with E-state index in [-0.39, 0.29) is 0 Å². The van der Waals surface area contributed by atoms with E-state index in [0.29, 0.717) is 25.3 Å². The van der Waals surface area contributed by atoms with Crippen molar-refractivity contribution in [1.29, 1.82) is 0 Å². The van der Waals surface area contributed by atoms with Crippen LogP contribution >= 0.6 is 6.49 Å². The minimum Gasteiger partial charge on any atom is -0.330 e. The minimum absolute atomic E-state index is 0.533. The lowest BCUT2D eigenvalue weighted by Crippen LogP contribution is -2.39. The second-order valence-electron chi connectivity index (χ2n) is 4.45. The summed E-state index contributed by atoms with van der Waals surface area (Å²) in [6.45, 7) is 12.8. The first-order valence-corrected chi connectivity index (χ1v) is 9.01. The van der Waals surface area contributed by atoms with Crippen LogP contribution in [-0.4, -0.2) is 43.4 Å². The Kier molecular flexibility index (Phi) is 8.04. The second kappa shape index (κ2) is 7.78. The first-order chi connectivity index (χ1) is 7.30. The van der Waals surface area contributed by atoms with Crippen molar-refractivity contribution in [2.75, 3.05) is 26.4 Å². The second-order valence-corrected chi connectivity index (χ2v) is 8.50. The SMILES string of the molecule is CCO[P@](C)(=S)OCCN(C(C)C)C(C)C. The van der Waals surface area contributed by atoms with E-state index in [2.05, 4.69) is 32.6 Å². The van der Waals surface area contributed by atoms with Crippen LogP contribution in [0.4, 0.5) is 0 Å². The van der Waals surface area contributed by atoms with Gasteiger partial charge in [0.1, 0.15) is 0 Å². The average molecular weight is 267 g/mol. The fraction of sp³-hybridized carbons (Fsp3) is 1.00. The zero-order chi connectivity index (χ0) is 12.8. The molecule has 0 unspecified atom stereocenters. The van der Waals surface area contributed by atoms with Gasteiger partial charge in [-0.1, -0.05) is 0 Å². The first-order valence-electron chi connectivity index (χ1n) is 5.92. The molecule has 0 radical (unpaired) electrons. The standard InChI is InChI=1S/C11H26NO2PS/c1-7-13-15(6,16)14-9-8-12(10(2)3)11(4)5/h10-11H,7-9H2,1-6H3/t15-/m0/s1. The molecular weight excluding hydrogens is 241 g/mol. The summed E-state index contributed by atoms with van der Waals surface area (Å²) >= 11 is 5.27. The Morgan fingerprint density at radius 2 is 1.62 bits per heavy atom. The predicted molar refractivity (Wildman–Crippen MR) is 74.8 cm³/mol. The van der Waals surface area contributed by atoms with Crippen LogP contribution in [0.25, 0.3) is 0 Å². The Labute approximate surface area is 106 Å². The van der Waals surface area contributed by atoms with Crippen molar-refractivity contribution in [3.05, 3.63) is 0 Å². The van der Waals surface area contributed by atoms with Gasteiger partial charge >= 0.3 is 0 Å². The van der Waals surface area contributed by atoms with E-state index < -0.39 is 6.49 Å². The minimum atomic E-state index is -2.00. The lowest BCUT2D eigenvalue weighted by Gasteiger charge is -2.31. The van der Waals surface area contributed by atoms with Gasteiger partial charge in [-0.05, 0) is 46.4 Å². The van der Waals surface area contributed by atoms with Crippen molar-refractivity contribution >= 4 is 18.3 Å². The third-order valence-corrected chi connectivity index (χ3v) is 4.38. The smallest absolute Gasteiger partial charge is 0.185 e. The van der Waals surface area contributed by atoms with Gasteiger partial charge in [0, 0.05) is 25.3 Å². The molecule has 0 aromatic rings. The first kappa shape index (κ1) is 16.5. The van der Waals surface area contributed by atoms with E-state index in [4.69, 9.17) is 20.9 Å². The summed E-state index contributed by atoms with van der Waals surface area (Å²) in [6.07, 6.45) is 0. The summed E-state index contributed by atoms with van der Waals surface area (Å²) in [5.41, 5.74) is 0. The highest BCUT2D eigenvalue weighted by atomic mass is 32.5. The molecule has 3 nitrogen and oxygen atoms in total. The van der Waals surface area contributed by atoms with E-state index in [9.17, 15) is 0 Å². The van der Waals surface area contributed by atoms with Crippen LogP contribution < -0.4 is 0 Å². The summed E-state index contributed by atoms with van der Waals surface area (Å²) in [7, 11) is 0. The predicted octanol–water partition coefficient (Wildman–Crippen LogP) is 3.10. The monoisotopic (exact) mass is 267 g/mol. The van der Waals surface area contributed by atoms with Crippen molar-refractivity contribution in [2.45, 2.75) is 46.7 Å². The van der Waals surface area contributed by atoms with Gasteiger partial charge in [-0.3, -0.25) is 4.90 Å². The largest absolute Gasteiger partial charge is 0.330 e. The van der Waals surface area contributed by atoms with Crippen LogP contribution in [0.3, 0.4) is 0 Å². The molecule has 1 atom stereocenters. The highest BCUT2D eigenvalue weighted by molar-refractivity contribution is 8.09. The van der Waals surface area contributed by atoms with Gasteiger partial charge < -0.3 is 9.05 Å². The third kappa shape index (κ3) is 6.97. The van der Waals surface area contributed by atoms with Crippen LogP contribution in [0.5, 0.6) is 0 Å². The summed E-state index contributed by atoms with van der Waals surface area (Å²) in [4.78, 5) is 2.39. The van der Waals surface area contributed by atoms with E-state index in [1.165, 1.54) is 0 Å². The zero-order valence-electron chi connectivity index (χ0n) is 11.4. The maximum Gasteiger partial charge on any atom is 0.185 e. The topological polar surface area (TPSA) is 21.7 Å². The number of hydrogen-bond donors (Lipinski definition) is 0. The number of nitrogens with zero attached hydrogens (tertiary/aromatic N) is 1. The highest BCUT2D eigenvalue weighted by Crippen LogP contribution is 2.43. The van der Waals surface area contributed by atoms with Gasteiger partial charge in [-0.25, -0.2) is 0 Å². The molecule has 98 valence electrons. The van der Waals surface area contributed by atoms with Crippen molar-refractivity contribution in [2.24, 2.45) is 0 Å². The molecule has 0 heterocycles. The Hall–Kier alpha value is 0.530. The number of rotatable bonds is 8. The third-order valence-electron chi connectivity index (χ3n) is 2.37.